The third-order valence-corrected chi connectivity index (χ3v) is 4.40. The van der Waals surface area contributed by atoms with Crippen LogP contribution in [0.5, 0.6) is 0 Å². The summed E-state index contributed by atoms with van der Waals surface area (Å²) in [5.74, 6) is -0.319. The van der Waals surface area contributed by atoms with Crippen LogP contribution in [-0.2, 0) is 0 Å². The molecule has 136 valence electrons. The Morgan fingerprint density at radius 2 is 1.79 bits per heavy atom. The molecular weight excluding hydrogens is 372 g/mol. The molecular formula is C22H15ClN4O. The van der Waals surface area contributed by atoms with Gasteiger partial charge in [0.2, 0.25) is 0 Å². The summed E-state index contributed by atoms with van der Waals surface area (Å²) in [6.45, 7) is 0. The summed E-state index contributed by atoms with van der Waals surface area (Å²) in [5.41, 5.74) is 6.02. The van der Waals surface area contributed by atoms with Crippen molar-refractivity contribution in [2.24, 2.45) is 5.10 Å². The van der Waals surface area contributed by atoms with Crippen LogP contribution in [0.4, 0.5) is 0 Å². The van der Waals surface area contributed by atoms with Crippen LogP contribution in [0, 0.1) is 0 Å². The van der Waals surface area contributed by atoms with Crippen molar-refractivity contribution in [3.8, 4) is 11.3 Å². The zero-order valence-corrected chi connectivity index (χ0v) is 15.5. The van der Waals surface area contributed by atoms with Gasteiger partial charge in [-0.15, -0.1) is 0 Å². The SMILES string of the molecule is O=C(N/N=C\c1ccccn1)c1cc(-c2ccc(Cl)cc2)nc2ccccc12. The van der Waals surface area contributed by atoms with Gasteiger partial charge in [0.15, 0.2) is 0 Å². The van der Waals surface area contributed by atoms with E-state index < -0.39 is 0 Å². The molecule has 4 rings (SSSR count). The molecule has 0 aliphatic rings. The Morgan fingerprint density at radius 3 is 2.57 bits per heavy atom. The van der Waals surface area contributed by atoms with Crippen LogP contribution in [0.2, 0.25) is 5.02 Å². The molecule has 2 aromatic heterocycles. The number of nitrogens with one attached hydrogen (secondary N) is 1. The van der Waals surface area contributed by atoms with Gasteiger partial charge in [0.1, 0.15) is 0 Å². The number of rotatable bonds is 4. The van der Waals surface area contributed by atoms with Crippen molar-refractivity contribution < 1.29 is 4.79 Å². The summed E-state index contributed by atoms with van der Waals surface area (Å²) in [7, 11) is 0. The van der Waals surface area contributed by atoms with Crippen molar-refractivity contribution >= 4 is 34.6 Å². The molecule has 1 amide bonds. The van der Waals surface area contributed by atoms with Crippen molar-refractivity contribution in [1.82, 2.24) is 15.4 Å². The Labute approximate surface area is 166 Å². The lowest BCUT2D eigenvalue weighted by Crippen LogP contribution is -2.18. The average molecular weight is 387 g/mol. The third kappa shape index (κ3) is 3.89. The summed E-state index contributed by atoms with van der Waals surface area (Å²) in [6, 6.07) is 22.1. The quantitative estimate of drug-likeness (QED) is 0.408. The molecule has 4 aromatic rings. The highest BCUT2D eigenvalue weighted by molar-refractivity contribution is 6.30. The molecule has 28 heavy (non-hydrogen) atoms. The molecule has 0 spiro atoms. The van der Waals surface area contributed by atoms with E-state index in [4.69, 9.17) is 11.6 Å². The monoisotopic (exact) mass is 386 g/mol. The number of aromatic nitrogens is 2. The zero-order chi connectivity index (χ0) is 19.3. The second-order valence-electron chi connectivity index (χ2n) is 6.03. The topological polar surface area (TPSA) is 67.2 Å². The normalized spacial score (nSPS) is 11.0. The minimum Gasteiger partial charge on any atom is -0.267 e. The highest BCUT2D eigenvalue weighted by Crippen LogP contribution is 2.25. The van der Waals surface area contributed by atoms with Gasteiger partial charge < -0.3 is 0 Å². The van der Waals surface area contributed by atoms with E-state index in [0.29, 0.717) is 22.0 Å². The van der Waals surface area contributed by atoms with Crippen molar-refractivity contribution in [3.63, 3.8) is 0 Å². The maximum Gasteiger partial charge on any atom is 0.272 e. The Bertz CT molecular complexity index is 1160. The number of fused-ring (bicyclic) bond motifs is 1. The van der Waals surface area contributed by atoms with Gasteiger partial charge in [0.25, 0.3) is 5.91 Å². The average Bonchev–Trinajstić information content (AvgIpc) is 2.74. The second-order valence-corrected chi connectivity index (χ2v) is 6.47. The molecule has 0 fully saturated rings. The minimum atomic E-state index is -0.319. The van der Waals surface area contributed by atoms with Crippen LogP contribution in [0.3, 0.4) is 0 Å². The van der Waals surface area contributed by atoms with E-state index in [9.17, 15) is 4.79 Å². The first-order valence-electron chi connectivity index (χ1n) is 8.61. The highest BCUT2D eigenvalue weighted by Gasteiger charge is 2.13. The van der Waals surface area contributed by atoms with Gasteiger partial charge in [-0.05, 0) is 36.4 Å². The van der Waals surface area contributed by atoms with E-state index in [1.165, 1.54) is 6.21 Å². The van der Waals surface area contributed by atoms with Crippen molar-refractivity contribution in [1.29, 1.82) is 0 Å². The lowest BCUT2D eigenvalue weighted by Gasteiger charge is -2.09. The van der Waals surface area contributed by atoms with Gasteiger partial charge >= 0.3 is 0 Å². The predicted octanol–water partition coefficient (Wildman–Crippen LogP) is 4.71. The molecule has 0 saturated heterocycles. The van der Waals surface area contributed by atoms with Crippen LogP contribution in [0.15, 0.2) is 84.1 Å². The first-order valence-corrected chi connectivity index (χ1v) is 8.99. The molecule has 0 aliphatic heterocycles. The third-order valence-electron chi connectivity index (χ3n) is 4.15. The smallest absolute Gasteiger partial charge is 0.267 e. The van der Waals surface area contributed by atoms with Crippen molar-refractivity contribution in [3.05, 3.63) is 95.3 Å². The van der Waals surface area contributed by atoms with Crippen molar-refractivity contribution in [2.75, 3.05) is 0 Å². The molecule has 0 saturated carbocycles. The van der Waals surface area contributed by atoms with E-state index in [1.54, 1.807) is 30.5 Å². The van der Waals surface area contributed by atoms with E-state index in [-0.39, 0.29) is 5.91 Å². The molecule has 0 aliphatic carbocycles. The molecule has 0 atom stereocenters. The first-order chi connectivity index (χ1) is 13.7. The highest BCUT2D eigenvalue weighted by atomic mass is 35.5. The summed E-state index contributed by atoms with van der Waals surface area (Å²) in [5, 5.41) is 5.41. The van der Waals surface area contributed by atoms with Crippen molar-refractivity contribution in [2.45, 2.75) is 0 Å². The fourth-order valence-electron chi connectivity index (χ4n) is 2.80. The standard InChI is InChI=1S/C22H15ClN4O/c23-16-10-8-15(9-11-16)21-13-19(18-6-1-2-7-20(18)26-21)22(28)27-25-14-17-5-3-4-12-24-17/h1-14H,(H,27,28)/b25-14-. The lowest BCUT2D eigenvalue weighted by molar-refractivity contribution is 0.0956. The Kier molecular flexibility index (Phi) is 5.08. The summed E-state index contributed by atoms with van der Waals surface area (Å²) >= 11 is 5.98. The number of amides is 1. The molecule has 5 nitrogen and oxygen atoms in total. The minimum absolute atomic E-state index is 0.319. The summed E-state index contributed by atoms with van der Waals surface area (Å²) in [4.78, 5) is 21.6. The molecule has 0 radical (unpaired) electrons. The fraction of sp³-hybridized carbons (Fsp3) is 0. The maximum absolute atomic E-state index is 12.8. The Hall–Kier alpha value is -3.57. The van der Waals surface area contributed by atoms with Crippen LogP contribution >= 0.6 is 11.6 Å². The number of hydrazone groups is 1. The number of carbonyl (C=O) groups is 1. The number of carbonyl (C=O) groups excluding carboxylic acids is 1. The van der Waals surface area contributed by atoms with E-state index in [0.717, 1.165) is 16.5 Å². The molecule has 0 unspecified atom stereocenters. The van der Waals surface area contributed by atoms with E-state index >= 15 is 0 Å². The first kappa shape index (κ1) is 17.8. The van der Waals surface area contributed by atoms with Crippen LogP contribution in [0.25, 0.3) is 22.2 Å². The van der Waals surface area contributed by atoms with Crippen LogP contribution < -0.4 is 5.43 Å². The van der Waals surface area contributed by atoms with Gasteiger partial charge in [-0.1, -0.05) is 48.0 Å². The Morgan fingerprint density at radius 1 is 1.00 bits per heavy atom. The number of nitrogens with zero attached hydrogens (tertiary/aromatic N) is 3. The molecule has 1 N–H and O–H groups in total. The molecule has 6 heteroatoms. The Balaban J connectivity index is 1.69. The molecule has 0 bridgehead atoms. The molecule has 2 aromatic carbocycles. The second kappa shape index (κ2) is 7.98. The largest absolute Gasteiger partial charge is 0.272 e. The fourth-order valence-corrected chi connectivity index (χ4v) is 2.93. The van der Waals surface area contributed by atoms with Crippen LogP contribution in [-0.4, -0.2) is 22.1 Å². The maximum atomic E-state index is 12.8. The van der Waals surface area contributed by atoms with Crippen LogP contribution in [0.1, 0.15) is 16.1 Å². The van der Waals surface area contributed by atoms with Gasteiger partial charge in [-0.2, -0.15) is 5.10 Å². The van der Waals surface area contributed by atoms with Gasteiger partial charge in [-0.25, -0.2) is 10.4 Å². The number of hydrogen-bond acceptors (Lipinski definition) is 4. The van der Waals surface area contributed by atoms with E-state index in [2.05, 4.69) is 20.5 Å². The predicted molar refractivity (Wildman–Crippen MR) is 111 cm³/mol. The summed E-state index contributed by atoms with van der Waals surface area (Å²) in [6.07, 6.45) is 3.17. The summed E-state index contributed by atoms with van der Waals surface area (Å²) < 4.78 is 0. The number of hydrogen-bond donors (Lipinski definition) is 1. The van der Waals surface area contributed by atoms with Gasteiger partial charge in [0, 0.05) is 22.2 Å². The van der Waals surface area contributed by atoms with Gasteiger partial charge in [-0.3, -0.25) is 9.78 Å². The number of halogens is 1. The van der Waals surface area contributed by atoms with E-state index in [1.807, 2.05) is 48.5 Å². The lowest BCUT2D eigenvalue weighted by atomic mass is 10.0. The number of benzene rings is 2. The molecule has 2 heterocycles. The van der Waals surface area contributed by atoms with Gasteiger partial charge in [0.05, 0.1) is 28.7 Å². The zero-order valence-electron chi connectivity index (χ0n) is 14.7. The number of pyridine rings is 2. The number of para-hydroxylation sites is 1.